The lowest BCUT2D eigenvalue weighted by molar-refractivity contribution is 0.711. The third-order valence-electron chi connectivity index (χ3n) is 3.75. The molecule has 0 saturated heterocycles. The third kappa shape index (κ3) is 2.87. The Bertz CT molecular complexity index is 638. The van der Waals surface area contributed by atoms with Crippen molar-refractivity contribution in [3.63, 3.8) is 0 Å². The Kier molecular flexibility index (Phi) is 3.76. The maximum atomic E-state index is 8.78. The molecule has 0 atom stereocenters. The van der Waals surface area contributed by atoms with E-state index in [4.69, 9.17) is 5.26 Å². The van der Waals surface area contributed by atoms with Crippen LogP contribution in [0.3, 0.4) is 0 Å². The van der Waals surface area contributed by atoms with Gasteiger partial charge in [-0.1, -0.05) is 18.2 Å². The quantitative estimate of drug-likeness (QED) is 0.904. The number of pyridine rings is 1. The van der Waals surface area contributed by atoms with Gasteiger partial charge in [0.25, 0.3) is 0 Å². The number of benzene rings is 1. The Hall–Kier alpha value is -2.18. The molecular formula is C17H17N3. The molecule has 1 aromatic heterocycles. The SMILES string of the molecule is N#Cc1ccc(Cc2ccc3c(c2)CCNCC3)nc1. The number of hydrogen-bond acceptors (Lipinski definition) is 3. The molecule has 0 aliphatic carbocycles. The number of aromatic nitrogens is 1. The molecule has 1 aliphatic heterocycles. The molecule has 0 saturated carbocycles. The highest BCUT2D eigenvalue weighted by Crippen LogP contribution is 2.17. The zero-order valence-corrected chi connectivity index (χ0v) is 11.4. The van der Waals surface area contributed by atoms with Crippen LogP contribution in [0.25, 0.3) is 0 Å². The van der Waals surface area contributed by atoms with Gasteiger partial charge in [-0.3, -0.25) is 4.98 Å². The van der Waals surface area contributed by atoms with Crippen molar-refractivity contribution in [2.45, 2.75) is 19.3 Å². The molecule has 3 heteroatoms. The van der Waals surface area contributed by atoms with E-state index in [9.17, 15) is 0 Å². The molecule has 2 heterocycles. The van der Waals surface area contributed by atoms with Crippen LogP contribution in [0, 0.1) is 11.3 Å². The second-order valence-corrected chi connectivity index (χ2v) is 5.18. The molecule has 1 N–H and O–H groups in total. The number of nitrogens with one attached hydrogen (secondary N) is 1. The smallest absolute Gasteiger partial charge is 0.101 e. The molecule has 0 radical (unpaired) electrons. The van der Waals surface area contributed by atoms with Gasteiger partial charge in [-0.25, -0.2) is 0 Å². The standard InChI is InChI=1S/C17H17N3/c18-11-14-2-4-17(20-12-14)10-13-1-3-15-5-7-19-8-6-16(15)9-13/h1-4,9,12,19H,5-8,10H2. The van der Waals surface area contributed by atoms with Gasteiger partial charge in [0, 0.05) is 18.3 Å². The average molecular weight is 263 g/mol. The van der Waals surface area contributed by atoms with Gasteiger partial charge >= 0.3 is 0 Å². The summed E-state index contributed by atoms with van der Waals surface area (Å²) in [7, 11) is 0. The first-order valence-corrected chi connectivity index (χ1v) is 7.01. The molecule has 0 spiro atoms. The fraction of sp³-hybridized carbons (Fsp3) is 0.294. The van der Waals surface area contributed by atoms with Crippen molar-refractivity contribution >= 4 is 0 Å². The molecule has 3 nitrogen and oxygen atoms in total. The molecule has 1 aromatic carbocycles. The number of hydrogen-bond donors (Lipinski definition) is 1. The number of rotatable bonds is 2. The summed E-state index contributed by atoms with van der Waals surface area (Å²) in [6.45, 7) is 2.13. The van der Waals surface area contributed by atoms with Gasteiger partial charge in [0.1, 0.15) is 6.07 Å². The van der Waals surface area contributed by atoms with E-state index in [1.807, 2.05) is 12.1 Å². The lowest BCUT2D eigenvalue weighted by atomic mass is 9.98. The highest BCUT2D eigenvalue weighted by atomic mass is 14.8. The van der Waals surface area contributed by atoms with Crippen LogP contribution in [-0.4, -0.2) is 18.1 Å². The Morgan fingerprint density at radius 2 is 1.95 bits per heavy atom. The fourth-order valence-electron chi connectivity index (χ4n) is 2.64. The van der Waals surface area contributed by atoms with Crippen molar-refractivity contribution in [3.05, 3.63) is 64.5 Å². The van der Waals surface area contributed by atoms with Gasteiger partial charge in [0.15, 0.2) is 0 Å². The minimum atomic E-state index is 0.613. The summed E-state index contributed by atoms with van der Waals surface area (Å²) in [6.07, 6.45) is 4.68. The van der Waals surface area contributed by atoms with Gasteiger partial charge in [-0.05, 0) is 54.8 Å². The van der Waals surface area contributed by atoms with Crippen LogP contribution in [-0.2, 0) is 19.3 Å². The van der Waals surface area contributed by atoms with E-state index in [2.05, 4.69) is 34.6 Å². The molecule has 0 unspecified atom stereocenters. The second kappa shape index (κ2) is 5.85. The van der Waals surface area contributed by atoms with Crippen molar-refractivity contribution in [3.8, 4) is 6.07 Å². The largest absolute Gasteiger partial charge is 0.316 e. The number of nitriles is 1. The summed E-state index contributed by atoms with van der Waals surface area (Å²) in [5.41, 5.74) is 5.84. The highest BCUT2D eigenvalue weighted by molar-refractivity contribution is 5.36. The molecule has 20 heavy (non-hydrogen) atoms. The third-order valence-corrected chi connectivity index (χ3v) is 3.75. The summed E-state index contributed by atoms with van der Waals surface area (Å²) >= 11 is 0. The van der Waals surface area contributed by atoms with Crippen LogP contribution < -0.4 is 5.32 Å². The van der Waals surface area contributed by atoms with Gasteiger partial charge in [0.2, 0.25) is 0 Å². The predicted octanol–water partition coefficient (Wildman–Crippen LogP) is 2.23. The first-order chi connectivity index (χ1) is 9.85. The van der Waals surface area contributed by atoms with E-state index in [0.717, 1.165) is 38.0 Å². The van der Waals surface area contributed by atoms with Crippen LogP contribution in [0.1, 0.15) is 27.9 Å². The molecule has 0 fully saturated rings. The van der Waals surface area contributed by atoms with Crippen LogP contribution >= 0.6 is 0 Å². The molecule has 0 amide bonds. The van der Waals surface area contributed by atoms with Crippen LogP contribution in [0.4, 0.5) is 0 Å². The van der Waals surface area contributed by atoms with Crippen molar-refractivity contribution in [1.82, 2.24) is 10.3 Å². The van der Waals surface area contributed by atoms with E-state index in [-0.39, 0.29) is 0 Å². The Balaban J connectivity index is 1.80. The topological polar surface area (TPSA) is 48.7 Å². The number of fused-ring (bicyclic) bond motifs is 1. The molecule has 1 aliphatic rings. The average Bonchev–Trinajstić information content (AvgIpc) is 2.73. The lowest BCUT2D eigenvalue weighted by Crippen LogP contribution is -2.16. The Labute approximate surface area is 119 Å². The van der Waals surface area contributed by atoms with Gasteiger partial charge in [-0.2, -0.15) is 5.26 Å². The fourth-order valence-corrected chi connectivity index (χ4v) is 2.64. The van der Waals surface area contributed by atoms with Crippen LogP contribution in [0.5, 0.6) is 0 Å². The summed E-state index contributed by atoms with van der Waals surface area (Å²) in [5.74, 6) is 0. The minimum Gasteiger partial charge on any atom is -0.316 e. The summed E-state index contributed by atoms with van der Waals surface area (Å²) in [4.78, 5) is 4.34. The Morgan fingerprint density at radius 3 is 2.70 bits per heavy atom. The maximum Gasteiger partial charge on any atom is 0.101 e. The van der Waals surface area contributed by atoms with Crippen molar-refractivity contribution < 1.29 is 0 Å². The molecule has 2 aromatic rings. The molecule has 0 bridgehead atoms. The first kappa shape index (κ1) is 12.8. The molecule has 100 valence electrons. The maximum absolute atomic E-state index is 8.78. The zero-order valence-electron chi connectivity index (χ0n) is 11.4. The number of nitrogens with zero attached hydrogens (tertiary/aromatic N) is 2. The lowest BCUT2D eigenvalue weighted by Gasteiger charge is -2.08. The monoisotopic (exact) mass is 263 g/mol. The zero-order chi connectivity index (χ0) is 13.8. The van der Waals surface area contributed by atoms with E-state index in [0.29, 0.717) is 5.56 Å². The van der Waals surface area contributed by atoms with Crippen molar-refractivity contribution in [2.75, 3.05) is 13.1 Å². The van der Waals surface area contributed by atoms with E-state index >= 15 is 0 Å². The van der Waals surface area contributed by atoms with Gasteiger partial charge in [-0.15, -0.1) is 0 Å². The molecule has 3 rings (SSSR count). The van der Waals surface area contributed by atoms with E-state index in [1.165, 1.54) is 16.7 Å². The summed E-state index contributed by atoms with van der Waals surface area (Å²) in [5, 5.41) is 12.2. The summed E-state index contributed by atoms with van der Waals surface area (Å²) in [6, 6.07) is 12.6. The van der Waals surface area contributed by atoms with Crippen LogP contribution in [0.2, 0.25) is 0 Å². The van der Waals surface area contributed by atoms with E-state index in [1.54, 1.807) is 6.20 Å². The van der Waals surface area contributed by atoms with Gasteiger partial charge in [0.05, 0.1) is 5.56 Å². The second-order valence-electron chi connectivity index (χ2n) is 5.18. The van der Waals surface area contributed by atoms with Gasteiger partial charge < -0.3 is 5.32 Å². The summed E-state index contributed by atoms with van der Waals surface area (Å²) < 4.78 is 0. The van der Waals surface area contributed by atoms with Crippen molar-refractivity contribution in [2.24, 2.45) is 0 Å². The highest BCUT2D eigenvalue weighted by Gasteiger charge is 2.08. The Morgan fingerprint density at radius 1 is 1.10 bits per heavy atom. The minimum absolute atomic E-state index is 0.613. The normalized spacial score (nSPS) is 14.2. The van der Waals surface area contributed by atoms with Crippen LogP contribution in [0.15, 0.2) is 36.5 Å². The molecular weight excluding hydrogens is 246 g/mol. The predicted molar refractivity (Wildman–Crippen MR) is 78.5 cm³/mol. The van der Waals surface area contributed by atoms with Crippen molar-refractivity contribution in [1.29, 1.82) is 5.26 Å². The van der Waals surface area contributed by atoms with E-state index < -0.39 is 0 Å². The first-order valence-electron chi connectivity index (χ1n) is 7.01.